The first-order valence-electron chi connectivity index (χ1n) is 11.4. The number of para-hydroxylation sites is 1. The van der Waals surface area contributed by atoms with E-state index in [0.29, 0.717) is 27.8 Å². The maximum absolute atomic E-state index is 13.5. The maximum atomic E-state index is 13.5. The molecule has 7 nitrogen and oxygen atoms in total. The van der Waals surface area contributed by atoms with Gasteiger partial charge in [-0.05, 0) is 54.4 Å². The van der Waals surface area contributed by atoms with Gasteiger partial charge in [-0.15, -0.1) is 0 Å². The second-order valence-electron chi connectivity index (χ2n) is 8.29. The minimum atomic E-state index is -0.922. The van der Waals surface area contributed by atoms with Gasteiger partial charge in [-0.1, -0.05) is 42.5 Å². The third kappa shape index (κ3) is 3.89. The van der Waals surface area contributed by atoms with Crippen molar-refractivity contribution in [1.82, 2.24) is 4.98 Å². The molecule has 1 saturated heterocycles. The number of rotatable bonds is 6. The molecule has 0 aliphatic carbocycles. The van der Waals surface area contributed by atoms with Gasteiger partial charge >= 0.3 is 5.91 Å². The zero-order valence-electron chi connectivity index (χ0n) is 20.0. The first-order valence-corrected chi connectivity index (χ1v) is 12.3. The molecule has 4 aromatic rings. The van der Waals surface area contributed by atoms with Crippen molar-refractivity contribution in [3.05, 3.63) is 89.0 Å². The summed E-state index contributed by atoms with van der Waals surface area (Å²) >= 11 is 1.34. The molecule has 1 aliphatic rings. The van der Waals surface area contributed by atoms with Crippen LogP contribution in [0.25, 0.3) is 16.0 Å². The summed E-state index contributed by atoms with van der Waals surface area (Å²) in [5.74, 6) is -0.717. The van der Waals surface area contributed by atoms with E-state index in [2.05, 4.69) is 11.9 Å². The second-order valence-corrected chi connectivity index (χ2v) is 9.30. The van der Waals surface area contributed by atoms with Gasteiger partial charge in [0.1, 0.15) is 23.3 Å². The number of ether oxygens (including phenoxy) is 2. The Labute approximate surface area is 212 Å². The Kier molecular flexibility index (Phi) is 6.20. The van der Waals surface area contributed by atoms with Gasteiger partial charge in [0.2, 0.25) is 0 Å². The van der Waals surface area contributed by atoms with Crippen LogP contribution in [0.1, 0.15) is 29.7 Å². The monoisotopic (exact) mass is 500 g/mol. The number of carbonyl (C=O) groups is 2. The Bertz CT molecular complexity index is 1510. The maximum Gasteiger partial charge on any atom is 0.301 e. The lowest BCUT2D eigenvalue weighted by Gasteiger charge is -2.24. The predicted octanol–water partition coefficient (Wildman–Crippen LogP) is 5.50. The summed E-state index contributed by atoms with van der Waals surface area (Å²) in [5.41, 5.74) is 2.83. The number of aliphatic hydroxyl groups is 1. The van der Waals surface area contributed by atoms with E-state index >= 15 is 0 Å². The largest absolute Gasteiger partial charge is 0.507 e. The molecule has 3 aromatic carbocycles. The van der Waals surface area contributed by atoms with Crippen molar-refractivity contribution in [2.75, 3.05) is 19.1 Å². The SMILES string of the molecule is CCc1ccc2nc(N3C(=O)C(=O)/C(=C(/O)c4ccc(OC)cc4)[C@H]3c3ccccc3OC)sc2c1. The number of thiazole rings is 1. The molecule has 1 aromatic heterocycles. The Hall–Kier alpha value is -4.17. The number of fused-ring (bicyclic) bond motifs is 1. The van der Waals surface area contributed by atoms with Crippen molar-refractivity contribution >= 4 is 44.1 Å². The van der Waals surface area contributed by atoms with Crippen LogP contribution in [0.2, 0.25) is 0 Å². The Morgan fingerprint density at radius 3 is 2.47 bits per heavy atom. The predicted molar refractivity (Wildman–Crippen MR) is 140 cm³/mol. The Balaban J connectivity index is 1.73. The van der Waals surface area contributed by atoms with Gasteiger partial charge in [0.05, 0.1) is 30.0 Å². The lowest BCUT2D eigenvalue weighted by Crippen LogP contribution is -2.29. The number of methoxy groups -OCH3 is 2. The van der Waals surface area contributed by atoms with Crippen LogP contribution >= 0.6 is 11.3 Å². The summed E-state index contributed by atoms with van der Waals surface area (Å²) in [6.07, 6.45) is 0.872. The summed E-state index contributed by atoms with van der Waals surface area (Å²) in [7, 11) is 3.07. The first-order chi connectivity index (χ1) is 17.5. The van der Waals surface area contributed by atoms with E-state index in [1.54, 1.807) is 49.6 Å². The summed E-state index contributed by atoms with van der Waals surface area (Å²) in [5, 5.41) is 11.7. The number of nitrogens with zero attached hydrogens (tertiary/aromatic N) is 2. The summed E-state index contributed by atoms with van der Waals surface area (Å²) in [4.78, 5) is 33.0. The minimum Gasteiger partial charge on any atom is -0.507 e. The number of aryl methyl sites for hydroxylation is 1. The lowest BCUT2D eigenvalue weighted by molar-refractivity contribution is -0.132. The molecule has 2 heterocycles. The zero-order valence-corrected chi connectivity index (χ0v) is 20.8. The van der Waals surface area contributed by atoms with Crippen molar-refractivity contribution in [3.8, 4) is 11.5 Å². The minimum absolute atomic E-state index is 0.0248. The Morgan fingerprint density at radius 1 is 1.03 bits per heavy atom. The van der Waals surface area contributed by atoms with E-state index in [1.807, 2.05) is 24.3 Å². The molecule has 0 radical (unpaired) electrons. The van der Waals surface area contributed by atoms with Crippen LogP contribution in [-0.4, -0.2) is 36.0 Å². The number of hydrogen-bond acceptors (Lipinski definition) is 7. The molecule has 1 fully saturated rings. The highest BCUT2D eigenvalue weighted by Gasteiger charge is 2.49. The molecule has 0 spiro atoms. The van der Waals surface area contributed by atoms with Crippen LogP contribution in [0.3, 0.4) is 0 Å². The highest BCUT2D eigenvalue weighted by atomic mass is 32.1. The number of ketones is 1. The first kappa shape index (κ1) is 23.6. The molecular formula is C28H24N2O5S. The van der Waals surface area contributed by atoms with Crippen LogP contribution in [0, 0.1) is 0 Å². The molecule has 0 saturated carbocycles. The van der Waals surface area contributed by atoms with Crippen molar-refractivity contribution in [3.63, 3.8) is 0 Å². The number of anilines is 1. The second kappa shape index (κ2) is 9.47. The van der Waals surface area contributed by atoms with Gasteiger partial charge in [0.15, 0.2) is 5.13 Å². The van der Waals surface area contributed by atoms with Crippen molar-refractivity contribution < 1.29 is 24.2 Å². The van der Waals surface area contributed by atoms with E-state index < -0.39 is 17.7 Å². The van der Waals surface area contributed by atoms with Gasteiger partial charge in [-0.25, -0.2) is 4.98 Å². The summed E-state index contributed by atoms with van der Waals surface area (Å²) < 4.78 is 11.7. The molecule has 8 heteroatoms. The highest BCUT2D eigenvalue weighted by molar-refractivity contribution is 7.22. The fourth-order valence-electron chi connectivity index (χ4n) is 4.40. The van der Waals surface area contributed by atoms with Gasteiger partial charge in [0, 0.05) is 11.1 Å². The average molecular weight is 501 g/mol. The van der Waals surface area contributed by atoms with Gasteiger partial charge in [0.25, 0.3) is 5.78 Å². The van der Waals surface area contributed by atoms with Crippen LogP contribution in [-0.2, 0) is 16.0 Å². The molecule has 1 amide bonds. The smallest absolute Gasteiger partial charge is 0.301 e. The Morgan fingerprint density at radius 2 is 1.78 bits per heavy atom. The van der Waals surface area contributed by atoms with Gasteiger partial charge in [-0.3, -0.25) is 14.5 Å². The fraction of sp³-hybridized carbons (Fsp3) is 0.179. The number of Topliss-reactive ketones (excluding diaryl/α,β-unsaturated/α-hetero) is 1. The highest BCUT2D eigenvalue weighted by Crippen LogP contribution is 2.46. The molecule has 0 unspecified atom stereocenters. The van der Waals surface area contributed by atoms with Gasteiger partial charge < -0.3 is 14.6 Å². The molecule has 1 aliphatic heterocycles. The molecule has 1 atom stereocenters. The molecule has 36 heavy (non-hydrogen) atoms. The number of amides is 1. The van der Waals surface area contributed by atoms with Crippen LogP contribution in [0.5, 0.6) is 11.5 Å². The number of hydrogen-bond donors (Lipinski definition) is 1. The van der Waals surface area contributed by atoms with E-state index in [9.17, 15) is 14.7 Å². The number of carbonyl (C=O) groups excluding carboxylic acids is 2. The number of benzene rings is 3. The molecule has 182 valence electrons. The standard InChI is InChI=1S/C28H24N2O5S/c1-4-16-9-14-20-22(15-16)36-28(29-20)30-24(19-7-5-6-8-21(19)35-3)23(26(32)27(30)33)25(31)17-10-12-18(34-2)13-11-17/h5-15,24,31H,4H2,1-3H3/b25-23+/t24-/m1/s1. The van der Waals surface area contributed by atoms with Crippen molar-refractivity contribution in [2.45, 2.75) is 19.4 Å². The van der Waals surface area contributed by atoms with Crippen LogP contribution in [0.15, 0.2) is 72.3 Å². The van der Waals surface area contributed by atoms with Crippen molar-refractivity contribution in [1.29, 1.82) is 0 Å². The topological polar surface area (TPSA) is 89.0 Å². The molecule has 5 rings (SSSR count). The average Bonchev–Trinajstić information content (AvgIpc) is 3.45. The lowest BCUT2D eigenvalue weighted by atomic mass is 9.94. The molecule has 0 bridgehead atoms. The molecule has 1 N–H and O–H groups in total. The normalized spacial score (nSPS) is 17.1. The number of aromatic nitrogens is 1. The van der Waals surface area contributed by atoms with E-state index in [1.165, 1.54) is 23.3 Å². The van der Waals surface area contributed by atoms with E-state index in [-0.39, 0.29) is 11.3 Å². The summed E-state index contributed by atoms with van der Waals surface area (Å²) in [6, 6.07) is 18.8. The van der Waals surface area contributed by atoms with Crippen LogP contribution in [0.4, 0.5) is 5.13 Å². The fourth-order valence-corrected chi connectivity index (χ4v) is 5.46. The third-order valence-electron chi connectivity index (χ3n) is 6.30. The van der Waals surface area contributed by atoms with E-state index in [4.69, 9.17) is 9.47 Å². The quantitative estimate of drug-likeness (QED) is 0.214. The van der Waals surface area contributed by atoms with Gasteiger partial charge in [-0.2, -0.15) is 0 Å². The van der Waals surface area contributed by atoms with E-state index in [0.717, 1.165) is 22.2 Å². The molecular weight excluding hydrogens is 476 g/mol. The summed E-state index contributed by atoms with van der Waals surface area (Å²) in [6.45, 7) is 2.07. The zero-order chi connectivity index (χ0) is 25.4. The van der Waals surface area contributed by atoms with Crippen molar-refractivity contribution in [2.24, 2.45) is 0 Å². The van der Waals surface area contributed by atoms with Crippen LogP contribution < -0.4 is 14.4 Å². The third-order valence-corrected chi connectivity index (χ3v) is 7.31. The number of aliphatic hydroxyl groups excluding tert-OH is 1.